The van der Waals surface area contributed by atoms with Crippen molar-refractivity contribution in [2.24, 2.45) is 5.92 Å². The number of rotatable bonds is 6. The van der Waals surface area contributed by atoms with E-state index in [1.165, 1.54) is 16.6 Å². The second-order valence-corrected chi connectivity index (χ2v) is 8.41. The number of ether oxygens (including phenoxy) is 1. The highest BCUT2D eigenvalue weighted by atomic mass is 32.2. The molecule has 130 valence electrons. The Morgan fingerprint density at radius 1 is 1.38 bits per heavy atom. The zero-order valence-corrected chi connectivity index (χ0v) is 15.0. The number of pyridine rings is 1. The average molecular weight is 368 g/mol. The quantitative estimate of drug-likeness (QED) is 0.843. The van der Waals surface area contributed by atoms with Gasteiger partial charge >= 0.3 is 0 Å². The molecule has 2 aromatic rings. The first-order valence-corrected chi connectivity index (χ1v) is 10.2. The number of hydrogen-bond donors (Lipinski definition) is 1. The fraction of sp³-hybridized carbons (Fsp3) is 0.438. The van der Waals surface area contributed by atoms with Crippen molar-refractivity contribution in [3.8, 4) is 5.88 Å². The maximum Gasteiger partial charge on any atom is 0.244 e. The Morgan fingerprint density at radius 3 is 2.79 bits per heavy atom. The summed E-state index contributed by atoms with van der Waals surface area (Å²) in [5.74, 6) is 0.332. The fourth-order valence-corrected chi connectivity index (χ4v) is 5.17. The van der Waals surface area contributed by atoms with Crippen molar-refractivity contribution in [3.63, 3.8) is 0 Å². The summed E-state index contributed by atoms with van der Waals surface area (Å²) in [5.41, 5.74) is 1.08. The van der Waals surface area contributed by atoms with E-state index in [0.29, 0.717) is 25.6 Å². The standard InChI is InChI=1S/C16H20N2O4S2/c1-2-22-16-4-3-14(7-17-16)24(20,21)18-8-13(10-19)15(9-18)12-5-6-23-11-12/h3-7,11,13,15,19H,2,8-10H2,1H3. The van der Waals surface area contributed by atoms with Crippen LogP contribution in [0, 0.1) is 5.92 Å². The summed E-state index contributed by atoms with van der Waals surface area (Å²) >= 11 is 1.58. The fourth-order valence-electron chi connectivity index (χ4n) is 2.98. The summed E-state index contributed by atoms with van der Waals surface area (Å²) < 4.78 is 32.4. The van der Waals surface area contributed by atoms with Gasteiger partial charge in [0, 0.05) is 37.6 Å². The second kappa shape index (κ2) is 7.18. The van der Waals surface area contributed by atoms with Crippen LogP contribution in [-0.2, 0) is 10.0 Å². The molecule has 1 saturated heterocycles. The molecule has 24 heavy (non-hydrogen) atoms. The molecule has 0 spiro atoms. The molecule has 0 aromatic carbocycles. The molecule has 2 unspecified atom stereocenters. The van der Waals surface area contributed by atoms with Crippen molar-refractivity contribution in [2.45, 2.75) is 17.7 Å². The van der Waals surface area contributed by atoms with Crippen LogP contribution in [0.2, 0.25) is 0 Å². The summed E-state index contributed by atoms with van der Waals surface area (Å²) in [7, 11) is -3.63. The number of aliphatic hydroxyl groups excluding tert-OH is 1. The van der Waals surface area contributed by atoms with Gasteiger partial charge in [-0.3, -0.25) is 0 Å². The highest BCUT2D eigenvalue weighted by Gasteiger charge is 2.39. The zero-order valence-electron chi connectivity index (χ0n) is 13.3. The number of sulfonamides is 1. The largest absolute Gasteiger partial charge is 0.478 e. The molecular formula is C16H20N2O4S2. The molecule has 1 N–H and O–H groups in total. The van der Waals surface area contributed by atoms with Crippen molar-refractivity contribution in [1.82, 2.24) is 9.29 Å². The number of thiophene rings is 1. The minimum absolute atomic E-state index is 0.0201. The molecule has 0 bridgehead atoms. The van der Waals surface area contributed by atoms with E-state index in [-0.39, 0.29) is 23.3 Å². The lowest BCUT2D eigenvalue weighted by atomic mass is 9.92. The van der Waals surface area contributed by atoms with Gasteiger partial charge in [0.05, 0.1) is 12.8 Å². The van der Waals surface area contributed by atoms with Gasteiger partial charge in [0.2, 0.25) is 15.9 Å². The first kappa shape index (κ1) is 17.3. The number of aliphatic hydroxyl groups is 1. The summed E-state index contributed by atoms with van der Waals surface area (Å²) in [6, 6.07) is 5.07. The van der Waals surface area contributed by atoms with Crippen molar-refractivity contribution in [2.75, 3.05) is 26.3 Å². The molecule has 6 nitrogen and oxygen atoms in total. The molecule has 2 aromatic heterocycles. The topological polar surface area (TPSA) is 79.7 Å². The van der Waals surface area contributed by atoms with E-state index in [4.69, 9.17) is 4.74 Å². The zero-order chi connectivity index (χ0) is 17.2. The molecule has 0 amide bonds. The monoisotopic (exact) mass is 368 g/mol. The minimum Gasteiger partial charge on any atom is -0.478 e. The molecule has 3 heterocycles. The molecule has 1 fully saturated rings. The van der Waals surface area contributed by atoms with Crippen LogP contribution in [0.1, 0.15) is 18.4 Å². The van der Waals surface area contributed by atoms with Gasteiger partial charge in [-0.2, -0.15) is 15.6 Å². The Hall–Kier alpha value is -1.48. The summed E-state index contributed by atoms with van der Waals surface area (Å²) in [6.07, 6.45) is 1.33. The predicted octanol–water partition coefficient (Wildman–Crippen LogP) is 1.94. The van der Waals surface area contributed by atoms with Gasteiger partial charge < -0.3 is 9.84 Å². The lowest BCUT2D eigenvalue weighted by Gasteiger charge is -2.16. The molecule has 3 rings (SSSR count). The first-order valence-electron chi connectivity index (χ1n) is 7.78. The Balaban J connectivity index is 1.82. The van der Waals surface area contributed by atoms with E-state index in [1.807, 2.05) is 23.8 Å². The highest BCUT2D eigenvalue weighted by Crippen LogP contribution is 2.36. The average Bonchev–Trinajstić information content (AvgIpc) is 3.25. The van der Waals surface area contributed by atoms with Crippen LogP contribution in [0.3, 0.4) is 0 Å². The molecular weight excluding hydrogens is 348 g/mol. The van der Waals surface area contributed by atoms with Gasteiger partial charge in [0.15, 0.2) is 0 Å². The van der Waals surface area contributed by atoms with Crippen molar-refractivity contribution < 1.29 is 18.3 Å². The molecule has 8 heteroatoms. The number of aromatic nitrogens is 1. The molecule has 0 aliphatic carbocycles. The van der Waals surface area contributed by atoms with Crippen LogP contribution in [0.5, 0.6) is 5.88 Å². The predicted molar refractivity (Wildman–Crippen MR) is 91.8 cm³/mol. The van der Waals surface area contributed by atoms with E-state index in [9.17, 15) is 13.5 Å². The SMILES string of the molecule is CCOc1ccc(S(=O)(=O)N2CC(CO)C(c3ccsc3)C2)cn1. The smallest absolute Gasteiger partial charge is 0.244 e. The third-order valence-electron chi connectivity index (χ3n) is 4.25. The molecule has 1 aliphatic rings. The Morgan fingerprint density at radius 2 is 2.21 bits per heavy atom. The second-order valence-electron chi connectivity index (χ2n) is 5.69. The Kier molecular flexibility index (Phi) is 5.19. The van der Waals surface area contributed by atoms with E-state index in [1.54, 1.807) is 17.4 Å². The lowest BCUT2D eigenvalue weighted by Crippen LogP contribution is -2.29. The van der Waals surface area contributed by atoms with Crippen LogP contribution in [0.4, 0.5) is 0 Å². The van der Waals surface area contributed by atoms with E-state index in [2.05, 4.69) is 4.98 Å². The van der Waals surface area contributed by atoms with Gasteiger partial charge in [-0.05, 0) is 35.4 Å². The summed E-state index contributed by atoms with van der Waals surface area (Å²) in [5, 5.41) is 13.6. The van der Waals surface area contributed by atoms with E-state index < -0.39 is 10.0 Å². The third-order valence-corrected chi connectivity index (χ3v) is 6.77. The van der Waals surface area contributed by atoms with E-state index in [0.717, 1.165) is 5.56 Å². The summed E-state index contributed by atoms with van der Waals surface area (Å²) in [6.45, 7) is 2.97. The maximum absolute atomic E-state index is 12.8. The van der Waals surface area contributed by atoms with Crippen LogP contribution in [0.25, 0.3) is 0 Å². The minimum atomic E-state index is -3.63. The summed E-state index contributed by atoms with van der Waals surface area (Å²) in [4.78, 5) is 4.19. The normalized spacial score (nSPS) is 21.9. The van der Waals surface area contributed by atoms with Crippen molar-refractivity contribution in [1.29, 1.82) is 0 Å². The van der Waals surface area contributed by atoms with Crippen LogP contribution in [-0.4, -0.2) is 49.1 Å². The van der Waals surface area contributed by atoms with E-state index >= 15 is 0 Å². The Labute approximate surface area is 145 Å². The third kappa shape index (κ3) is 3.32. The first-order chi connectivity index (χ1) is 11.6. The number of hydrogen-bond acceptors (Lipinski definition) is 6. The van der Waals surface area contributed by atoms with Crippen molar-refractivity contribution in [3.05, 3.63) is 40.7 Å². The van der Waals surface area contributed by atoms with Gasteiger partial charge in [-0.15, -0.1) is 0 Å². The van der Waals surface area contributed by atoms with Crippen molar-refractivity contribution >= 4 is 21.4 Å². The van der Waals surface area contributed by atoms with Gasteiger partial charge in [-0.1, -0.05) is 0 Å². The number of nitrogens with zero attached hydrogens (tertiary/aromatic N) is 2. The van der Waals surface area contributed by atoms with Gasteiger partial charge in [-0.25, -0.2) is 13.4 Å². The lowest BCUT2D eigenvalue weighted by molar-refractivity contribution is 0.223. The van der Waals surface area contributed by atoms with Crippen LogP contribution < -0.4 is 4.74 Å². The molecule has 0 saturated carbocycles. The van der Waals surface area contributed by atoms with Gasteiger partial charge in [0.25, 0.3) is 0 Å². The Bertz CT molecular complexity index is 760. The van der Waals surface area contributed by atoms with Crippen LogP contribution in [0.15, 0.2) is 40.1 Å². The highest BCUT2D eigenvalue weighted by molar-refractivity contribution is 7.89. The van der Waals surface area contributed by atoms with Crippen LogP contribution >= 0.6 is 11.3 Å². The molecule has 0 radical (unpaired) electrons. The molecule has 1 aliphatic heterocycles. The van der Waals surface area contributed by atoms with Gasteiger partial charge in [0.1, 0.15) is 4.90 Å². The maximum atomic E-state index is 12.8. The molecule has 2 atom stereocenters.